The topological polar surface area (TPSA) is 138 Å². The lowest BCUT2D eigenvalue weighted by Crippen LogP contribution is -2.65. The monoisotopic (exact) mass is 1450 g/mol. The molecule has 3 fully saturated rings. The summed E-state index contributed by atoms with van der Waals surface area (Å²) in [7, 11) is -2.54. The van der Waals surface area contributed by atoms with Crippen molar-refractivity contribution in [3.63, 3.8) is 0 Å². The summed E-state index contributed by atoms with van der Waals surface area (Å²) >= 11 is 0. The van der Waals surface area contributed by atoms with Gasteiger partial charge < -0.3 is 70.7 Å². The second kappa shape index (κ2) is 41.5. The smallest absolute Gasteiger partial charge is 0.200 e. The molecule has 105 heavy (non-hydrogen) atoms. The second-order valence-corrected chi connectivity index (χ2v) is 34.1. The van der Waals surface area contributed by atoms with E-state index in [1.807, 2.05) is 188 Å². The van der Waals surface area contributed by atoms with Crippen molar-refractivity contribution >= 4 is 8.32 Å². The van der Waals surface area contributed by atoms with Crippen LogP contribution in [0.4, 0.5) is 0 Å². The Balaban J connectivity index is 1.03. The number of hydrogen-bond donors (Lipinski definition) is 0. The average molecular weight is 1450 g/mol. The fourth-order valence-electron chi connectivity index (χ4n) is 14.9. The van der Waals surface area contributed by atoms with E-state index in [2.05, 4.69) is 116 Å². The molecule has 15 atom stereocenters. The van der Waals surface area contributed by atoms with Gasteiger partial charge in [-0.3, -0.25) is 0 Å². The minimum atomic E-state index is -2.54. The first-order valence-electron chi connectivity index (χ1n) is 37.7. The standard InChI is InChI=1S/C89H110O15Si/c1-9-10-35-52-91-88-85(98-60-75-50-33-18-34-51-75)83(96-58-73-46-29-16-30-47-73)82(95-57-72-44-27-15-28-45-72)77(103-88)62-99-89-86(84(97-59-74-48-31-17-32-49-74)81(94-56-71-42-25-14-26-43-71)76(102-89)61-90-53-68-36-19-11-20-37-68)104-87-67(8)79(92-54-69-38-21-12-22-39-69)80(93-55-70-40-23-13-24-41-70)78(101-87)63-100-105(64(2)3,65(4)5)66(6)7/h9,11-34,36-51,64-67,76-89H,1,10,35,52-63H2,2-8H3. The first-order chi connectivity index (χ1) is 51.4. The third-order valence-corrected chi connectivity index (χ3v) is 26.4. The van der Waals surface area contributed by atoms with Gasteiger partial charge in [-0.15, -0.1) is 6.58 Å². The Morgan fingerprint density at radius 3 is 0.990 bits per heavy atom. The molecule has 15 nitrogen and oxygen atoms in total. The van der Waals surface area contributed by atoms with Crippen molar-refractivity contribution in [1.29, 1.82) is 0 Å². The van der Waals surface area contributed by atoms with E-state index in [4.69, 9.17) is 70.7 Å². The van der Waals surface area contributed by atoms with E-state index < -0.39 is 100 Å². The van der Waals surface area contributed by atoms with E-state index in [-0.39, 0.29) is 69.5 Å². The maximum absolute atomic E-state index is 7.88. The summed E-state index contributed by atoms with van der Waals surface area (Å²) in [6.07, 6.45) is -8.66. The molecule has 3 aliphatic rings. The van der Waals surface area contributed by atoms with Crippen molar-refractivity contribution < 1.29 is 70.7 Å². The zero-order chi connectivity index (χ0) is 73.0. The number of allylic oxidation sites excluding steroid dienone is 1. The summed E-state index contributed by atoms with van der Waals surface area (Å²) in [4.78, 5) is 0. The average Bonchev–Trinajstić information content (AvgIpc) is 0.770. The highest BCUT2D eigenvalue weighted by atomic mass is 28.4. The maximum Gasteiger partial charge on any atom is 0.200 e. The van der Waals surface area contributed by atoms with Crippen molar-refractivity contribution in [2.24, 2.45) is 5.92 Å². The molecular weight excluding hydrogens is 1340 g/mol. The second-order valence-electron chi connectivity index (χ2n) is 28.7. The van der Waals surface area contributed by atoms with Gasteiger partial charge in [0.05, 0.1) is 85.4 Å². The predicted molar refractivity (Wildman–Crippen MR) is 410 cm³/mol. The van der Waals surface area contributed by atoms with Crippen LogP contribution in [0.3, 0.4) is 0 Å². The fourth-order valence-corrected chi connectivity index (χ4v) is 20.4. The van der Waals surface area contributed by atoms with Crippen LogP contribution in [0.5, 0.6) is 0 Å². The molecule has 11 rings (SSSR count). The molecule has 0 saturated carbocycles. The van der Waals surface area contributed by atoms with Gasteiger partial charge in [0.25, 0.3) is 0 Å². The zero-order valence-electron chi connectivity index (χ0n) is 62.3. The van der Waals surface area contributed by atoms with Crippen LogP contribution >= 0.6 is 0 Å². The molecule has 3 aliphatic heterocycles. The van der Waals surface area contributed by atoms with Crippen molar-refractivity contribution in [3.8, 4) is 0 Å². The molecule has 16 heteroatoms. The highest BCUT2D eigenvalue weighted by molar-refractivity contribution is 6.77. The minimum Gasteiger partial charge on any atom is -0.413 e. The zero-order valence-corrected chi connectivity index (χ0v) is 63.3. The largest absolute Gasteiger partial charge is 0.413 e. The summed E-state index contributed by atoms with van der Waals surface area (Å²) in [5, 5.41) is 0. The number of hydrogen-bond acceptors (Lipinski definition) is 15. The molecule has 0 aromatic heterocycles. The molecule has 15 unspecified atom stereocenters. The first-order valence-corrected chi connectivity index (χ1v) is 39.9. The molecule has 0 aliphatic carbocycles. The van der Waals surface area contributed by atoms with Crippen LogP contribution in [0.25, 0.3) is 0 Å². The Morgan fingerprint density at radius 2 is 0.619 bits per heavy atom. The Kier molecular flexibility index (Phi) is 31.3. The minimum absolute atomic E-state index is 0.0874. The van der Waals surface area contributed by atoms with Gasteiger partial charge in [-0.25, -0.2) is 0 Å². The molecule has 8 aromatic rings. The van der Waals surface area contributed by atoms with Crippen LogP contribution in [-0.2, 0) is 124 Å². The molecular formula is C89H110O15Si. The number of unbranched alkanes of at least 4 members (excludes halogenated alkanes) is 1. The summed E-state index contributed by atoms with van der Waals surface area (Å²) in [6, 6.07) is 81.2. The van der Waals surface area contributed by atoms with E-state index in [9.17, 15) is 0 Å². The summed E-state index contributed by atoms with van der Waals surface area (Å²) < 4.78 is 110. The lowest BCUT2D eigenvalue weighted by Gasteiger charge is -2.51. The first kappa shape index (κ1) is 79.2. The summed E-state index contributed by atoms with van der Waals surface area (Å²) in [5.74, 6) is -0.495. The number of rotatable bonds is 41. The highest BCUT2D eigenvalue weighted by Gasteiger charge is 2.56. The molecule has 560 valence electrons. The molecule has 0 N–H and O–H groups in total. The van der Waals surface area contributed by atoms with Gasteiger partial charge in [0.2, 0.25) is 0 Å². The van der Waals surface area contributed by atoms with Crippen LogP contribution < -0.4 is 0 Å². The van der Waals surface area contributed by atoms with Gasteiger partial charge >= 0.3 is 0 Å². The van der Waals surface area contributed by atoms with Crippen molar-refractivity contribution in [1.82, 2.24) is 0 Å². The van der Waals surface area contributed by atoms with Crippen LogP contribution in [0.15, 0.2) is 255 Å². The quantitative estimate of drug-likeness (QED) is 0.0204. The third kappa shape index (κ3) is 22.6. The molecule has 0 amide bonds. The van der Waals surface area contributed by atoms with E-state index in [0.717, 1.165) is 50.9 Å². The normalized spacial score (nSPS) is 25.0. The van der Waals surface area contributed by atoms with Crippen LogP contribution in [-0.4, -0.2) is 121 Å². The van der Waals surface area contributed by atoms with Gasteiger partial charge in [0.15, 0.2) is 27.2 Å². The summed E-state index contributed by atoms with van der Waals surface area (Å²) in [5.41, 5.74) is 8.70. The van der Waals surface area contributed by atoms with Crippen molar-refractivity contribution in [2.45, 2.75) is 217 Å². The SMILES string of the molecule is C=CCCCOC1OC(COC2OC(COCc3ccccc3)C(OCc3ccccc3)C(OCc3ccccc3)C2OC2OC(CO[Si](C(C)C)(C(C)C)C(C)C)C(OCc3ccccc3)C(OCc3ccccc3)C2C)C(OCc2ccccc2)C(OCc2ccccc2)C1OCc1ccccc1. The molecule has 0 bridgehead atoms. The maximum atomic E-state index is 7.88. The molecule has 0 radical (unpaired) electrons. The Morgan fingerprint density at radius 1 is 0.324 bits per heavy atom. The van der Waals surface area contributed by atoms with Gasteiger partial charge in [-0.1, -0.05) is 297 Å². The van der Waals surface area contributed by atoms with E-state index in [1.54, 1.807) is 0 Å². The predicted octanol–water partition coefficient (Wildman–Crippen LogP) is 17.7. The molecule has 3 saturated heterocycles. The van der Waals surface area contributed by atoms with Crippen LogP contribution in [0.2, 0.25) is 16.6 Å². The Bertz CT molecular complexity index is 3640. The van der Waals surface area contributed by atoms with Gasteiger partial charge in [0, 0.05) is 5.92 Å². The van der Waals surface area contributed by atoms with E-state index in [0.29, 0.717) is 32.8 Å². The number of benzene rings is 8. The van der Waals surface area contributed by atoms with Gasteiger partial charge in [-0.05, 0) is 74.0 Å². The molecule has 0 spiro atoms. The summed E-state index contributed by atoms with van der Waals surface area (Å²) in [6.45, 7) is 22.5. The molecule has 8 aromatic carbocycles. The van der Waals surface area contributed by atoms with Gasteiger partial charge in [0.1, 0.15) is 61.0 Å². The van der Waals surface area contributed by atoms with E-state index >= 15 is 0 Å². The Hall–Kier alpha value is -6.88. The lowest BCUT2D eigenvalue weighted by molar-refractivity contribution is -0.380. The molecule has 3 heterocycles. The third-order valence-electron chi connectivity index (χ3n) is 20.3. The van der Waals surface area contributed by atoms with Crippen LogP contribution in [0.1, 0.15) is 106 Å². The van der Waals surface area contributed by atoms with E-state index in [1.165, 1.54) is 0 Å². The van der Waals surface area contributed by atoms with Crippen LogP contribution in [0, 0.1) is 5.92 Å². The number of ether oxygens (including phenoxy) is 14. The van der Waals surface area contributed by atoms with Crippen molar-refractivity contribution in [3.05, 3.63) is 300 Å². The van der Waals surface area contributed by atoms with Gasteiger partial charge in [-0.2, -0.15) is 0 Å². The van der Waals surface area contributed by atoms with Crippen molar-refractivity contribution in [2.75, 3.05) is 26.4 Å². The fraction of sp³-hybridized carbons (Fsp3) is 0.438. The lowest BCUT2D eigenvalue weighted by atomic mass is 9.91. The Labute approximate surface area is 624 Å². The highest BCUT2D eigenvalue weighted by Crippen LogP contribution is 2.45.